The zero-order valence-corrected chi connectivity index (χ0v) is 16.4. The molecule has 0 aliphatic carbocycles. The van der Waals surface area contributed by atoms with Crippen molar-refractivity contribution in [3.8, 4) is 12.3 Å². The highest BCUT2D eigenvalue weighted by atomic mass is 32.2. The van der Waals surface area contributed by atoms with Gasteiger partial charge in [0.15, 0.2) is 4.80 Å². The van der Waals surface area contributed by atoms with E-state index in [9.17, 15) is 13.2 Å². The van der Waals surface area contributed by atoms with Gasteiger partial charge in [0.2, 0.25) is 10.0 Å². The third-order valence-corrected chi connectivity index (χ3v) is 6.79. The number of carbonyl (C=O) groups excluding carboxylic acids is 1. The molecule has 1 fully saturated rings. The summed E-state index contributed by atoms with van der Waals surface area (Å²) in [5.74, 6) is 2.17. The van der Waals surface area contributed by atoms with Crippen LogP contribution in [0, 0.1) is 19.3 Å². The van der Waals surface area contributed by atoms with Crippen LogP contribution in [0.5, 0.6) is 0 Å². The van der Waals surface area contributed by atoms with E-state index in [1.807, 2.05) is 29.7 Å². The predicted octanol–water partition coefficient (Wildman–Crippen LogP) is 1.89. The number of amides is 1. The molecule has 138 valence electrons. The van der Waals surface area contributed by atoms with Crippen molar-refractivity contribution in [1.29, 1.82) is 0 Å². The van der Waals surface area contributed by atoms with Gasteiger partial charge >= 0.3 is 0 Å². The van der Waals surface area contributed by atoms with Crippen molar-refractivity contribution in [2.75, 3.05) is 12.8 Å². The van der Waals surface area contributed by atoms with E-state index in [0.717, 1.165) is 34.9 Å². The summed E-state index contributed by atoms with van der Waals surface area (Å²) in [5.41, 5.74) is 2.04. The zero-order valence-electron chi connectivity index (χ0n) is 14.8. The molecule has 2 aromatic rings. The standard InChI is InChI=1S/C18H21N3O3S2/c1-4-10-20-14-9-8-13(2)12-16(14)25-18(20)19-17(22)15-7-5-6-11-21(15)26(3,23)24/h1,8-9,12,15H,5-7,10-11H2,2-3H3. The summed E-state index contributed by atoms with van der Waals surface area (Å²) in [6, 6.07) is 5.25. The lowest BCUT2D eigenvalue weighted by Crippen LogP contribution is -2.47. The van der Waals surface area contributed by atoms with Gasteiger partial charge in [-0.1, -0.05) is 29.7 Å². The third kappa shape index (κ3) is 3.75. The van der Waals surface area contributed by atoms with Crippen molar-refractivity contribution in [3.05, 3.63) is 28.6 Å². The van der Waals surface area contributed by atoms with Crippen LogP contribution in [0.15, 0.2) is 23.2 Å². The maximum Gasteiger partial charge on any atom is 0.266 e. The average Bonchev–Trinajstić information content (AvgIpc) is 2.91. The van der Waals surface area contributed by atoms with Crippen molar-refractivity contribution in [3.63, 3.8) is 0 Å². The van der Waals surface area contributed by atoms with Crippen molar-refractivity contribution in [2.24, 2.45) is 4.99 Å². The molecule has 0 saturated carbocycles. The fourth-order valence-electron chi connectivity index (χ4n) is 3.23. The number of aromatic nitrogens is 1. The molecule has 3 rings (SSSR count). The Morgan fingerprint density at radius 3 is 2.88 bits per heavy atom. The molecular weight excluding hydrogens is 370 g/mol. The predicted molar refractivity (Wildman–Crippen MR) is 103 cm³/mol. The third-order valence-electron chi connectivity index (χ3n) is 4.46. The molecule has 1 aromatic carbocycles. The van der Waals surface area contributed by atoms with Crippen LogP contribution in [0.3, 0.4) is 0 Å². The van der Waals surface area contributed by atoms with Gasteiger partial charge in [0.1, 0.15) is 6.04 Å². The van der Waals surface area contributed by atoms with Gasteiger partial charge in [0.05, 0.1) is 23.0 Å². The van der Waals surface area contributed by atoms with E-state index in [-0.39, 0.29) is 0 Å². The monoisotopic (exact) mass is 391 g/mol. The van der Waals surface area contributed by atoms with Gasteiger partial charge in [-0.3, -0.25) is 4.79 Å². The molecule has 6 nitrogen and oxygen atoms in total. The first-order valence-corrected chi connectivity index (χ1v) is 11.1. The number of piperidine rings is 1. The van der Waals surface area contributed by atoms with Gasteiger partial charge in [0.25, 0.3) is 5.91 Å². The summed E-state index contributed by atoms with van der Waals surface area (Å²) >= 11 is 1.39. The van der Waals surface area contributed by atoms with Gasteiger partial charge in [-0.15, -0.1) is 6.42 Å². The zero-order chi connectivity index (χ0) is 18.9. The van der Waals surface area contributed by atoms with Crippen LogP contribution in [0.4, 0.5) is 0 Å². The summed E-state index contributed by atoms with van der Waals surface area (Å²) in [6.45, 7) is 2.66. The maximum atomic E-state index is 12.8. The Morgan fingerprint density at radius 1 is 1.42 bits per heavy atom. The van der Waals surface area contributed by atoms with Crippen LogP contribution in [0.25, 0.3) is 10.2 Å². The molecule has 0 N–H and O–H groups in total. The lowest BCUT2D eigenvalue weighted by Gasteiger charge is -2.31. The number of sulfonamides is 1. The van der Waals surface area contributed by atoms with Crippen LogP contribution in [0.1, 0.15) is 24.8 Å². The quantitative estimate of drug-likeness (QED) is 0.750. The molecule has 1 atom stereocenters. The van der Waals surface area contributed by atoms with Crippen molar-refractivity contribution in [1.82, 2.24) is 8.87 Å². The molecule has 26 heavy (non-hydrogen) atoms. The Labute approximate surface area is 157 Å². The minimum absolute atomic E-state index is 0.301. The minimum Gasteiger partial charge on any atom is -0.305 e. The van der Waals surface area contributed by atoms with Crippen LogP contribution >= 0.6 is 11.3 Å². The molecule has 0 spiro atoms. The molecule has 1 amide bonds. The van der Waals surface area contributed by atoms with E-state index in [2.05, 4.69) is 10.9 Å². The summed E-state index contributed by atoms with van der Waals surface area (Å²) in [5, 5.41) is 0. The molecule has 1 aliphatic rings. The number of rotatable bonds is 3. The number of carbonyl (C=O) groups is 1. The van der Waals surface area contributed by atoms with Gasteiger partial charge in [0, 0.05) is 6.54 Å². The number of terminal acetylenes is 1. The lowest BCUT2D eigenvalue weighted by molar-refractivity contribution is -0.122. The number of hydrogen-bond acceptors (Lipinski definition) is 4. The molecule has 1 aromatic heterocycles. The van der Waals surface area contributed by atoms with Crippen LogP contribution in [-0.4, -0.2) is 42.0 Å². The molecule has 1 aliphatic heterocycles. The SMILES string of the molecule is C#CCn1c(=NC(=O)C2CCCCN2S(C)(=O)=O)sc2cc(C)ccc21. The first-order chi connectivity index (χ1) is 12.3. The number of aryl methyl sites for hydroxylation is 1. The topological polar surface area (TPSA) is 71.7 Å². The highest BCUT2D eigenvalue weighted by molar-refractivity contribution is 7.88. The average molecular weight is 392 g/mol. The lowest BCUT2D eigenvalue weighted by atomic mass is 10.0. The Bertz CT molecular complexity index is 1060. The van der Waals surface area contributed by atoms with Crippen molar-refractivity contribution in [2.45, 2.75) is 38.8 Å². The van der Waals surface area contributed by atoms with Crippen molar-refractivity contribution >= 4 is 37.5 Å². The Morgan fingerprint density at radius 2 is 2.19 bits per heavy atom. The van der Waals surface area contributed by atoms with Crippen LogP contribution in [-0.2, 0) is 21.4 Å². The second-order valence-electron chi connectivity index (χ2n) is 6.48. The Kier molecular flexibility index (Phi) is 5.32. The number of benzene rings is 1. The maximum absolute atomic E-state index is 12.8. The van der Waals surface area contributed by atoms with Gasteiger partial charge in [-0.05, 0) is 37.5 Å². The van der Waals surface area contributed by atoms with E-state index in [1.54, 1.807) is 0 Å². The highest BCUT2D eigenvalue weighted by Gasteiger charge is 2.34. The van der Waals surface area contributed by atoms with Gasteiger partial charge < -0.3 is 4.57 Å². The van der Waals surface area contributed by atoms with E-state index in [0.29, 0.717) is 24.3 Å². The fraction of sp³-hybridized carbons (Fsp3) is 0.444. The molecule has 0 bridgehead atoms. The molecule has 2 heterocycles. The minimum atomic E-state index is -3.45. The molecular formula is C18H21N3O3S2. The van der Waals surface area contributed by atoms with Crippen molar-refractivity contribution < 1.29 is 13.2 Å². The van der Waals surface area contributed by atoms with Crippen LogP contribution in [0.2, 0.25) is 0 Å². The fourth-order valence-corrected chi connectivity index (χ4v) is 5.48. The second-order valence-corrected chi connectivity index (χ2v) is 9.43. The normalized spacial score (nSPS) is 19.6. The first kappa shape index (κ1) is 18.8. The molecule has 1 unspecified atom stereocenters. The smallest absolute Gasteiger partial charge is 0.266 e. The largest absolute Gasteiger partial charge is 0.305 e. The summed E-state index contributed by atoms with van der Waals surface area (Å²) < 4.78 is 28.1. The highest BCUT2D eigenvalue weighted by Crippen LogP contribution is 2.22. The number of fused-ring (bicyclic) bond motifs is 1. The van der Waals surface area contributed by atoms with Gasteiger partial charge in [-0.2, -0.15) is 9.30 Å². The first-order valence-electron chi connectivity index (χ1n) is 8.40. The molecule has 0 radical (unpaired) electrons. The summed E-state index contributed by atoms with van der Waals surface area (Å²) in [6.07, 6.45) is 8.69. The number of thiazole rings is 1. The number of hydrogen-bond donors (Lipinski definition) is 0. The summed E-state index contributed by atoms with van der Waals surface area (Å²) in [4.78, 5) is 17.6. The van der Waals surface area contributed by atoms with Crippen LogP contribution < -0.4 is 4.80 Å². The molecule has 8 heteroatoms. The van der Waals surface area contributed by atoms with E-state index in [4.69, 9.17) is 6.42 Å². The number of nitrogens with zero attached hydrogens (tertiary/aromatic N) is 3. The van der Waals surface area contributed by atoms with Gasteiger partial charge in [-0.25, -0.2) is 8.42 Å². The Balaban J connectivity index is 2.07. The van der Waals surface area contributed by atoms with E-state index < -0.39 is 22.0 Å². The summed E-state index contributed by atoms with van der Waals surface area (Å²) in [7, 11) is -3.45. The van der Waals surface area contributed by atoms with E-state index in [1.165, 1.54) is 15.6 Å². The molecule has 1 saturated heterocycles. The van der Waals surface area contributed by atoms with E-state index >= 15 is 0 Å². The Hall–Kier alpha value is -1.95. The second kappa shape index (κ2) is 7.35.